The molecule has 7 nitrogen and oxygen atoms in total. The molecule has 3 aromatic heterocycles. The number of aldehydes is 1. The summed E-state index contributed by atoms with van der Waals surface area (Å²) in [6.45, 7) is 2.36. The molecule has 190 valence electrons. The van der Waals surface area contributed by atoms with Crippen LogP contribution in [0.25, 0.3) is 5.52 Å². The lowest BCUT2D eigenvalue weighted by molar-refractivity contribution is -0.153. The van der Waals surface area contributed by atoms with E-state index >= 15 is 0 Å². The van der Waals surface area contributed by atoms with Gasteiger partial charge in [0.25, 0.3) is 5.88 Å². The zero-order valence-electron chi connectivity index (χ0n) is 19.5. The van der Waals surface area contributed by atoms with Gasteiger partial charge in [-0.3, -0.25) is 4.79 Å². The first-order chi connectivity index (χ1) is 16.5. The number of fused-ring (bicyclic) bond motifs is 1. The number of hydrogen-bond donors (Lipinski definition) is 1. The number of rotatable bonds is 6. The summed E-state index contributed by atoms with van der Waals surface area (Å²) in [5.41, 5.74) is 1.74. The van der Waals surface area contributed by atoms with Crippen molar-refractivity contribution in [3.8, 4) is 17.4 Å². The molecule has 3 aromatic rings. The fourth-order valence-corrected chi connectivity index (χ4v) is 4.62. The van der Waals surface area contributed by atoms with Crippen molar-refractivity contribution >= 4 is 23.6 Å². The first-order valence-corrected chi connectivity index (χ1v) is 11.9. The Bertz CT molecular complexity index is 1160. The lowest BCUT2D eigenvalue weighted by atomic mass is 9.95. The van der Waals surface area contributed by atoms with Crippen molar-refractivity contribution in [2.24, 2.45) is 0 Å². The quantitative estimate of drug-likeness (QED) is 0.357. The molecule has 0 radical (unpaired) electrons. The highest BCUT2D eigenvalue weighted by atomic mass is 32.2. The Labute approximate surface area is 204 Å². The van der Waals surface area contributed by atoms with E-state index in [4.69, 9.17) is 4.74 Å². The van der Waals surface area contributed by atoms with Gasteiger partial charge in [0.15, 0.2) is 18.6 Å². The Hall–Kier alpha value is -2.86. The van der Waals surface area contributed by atoms with Gasteiger partial charge in [0.05, 0.1) is 11.7 Å². The highest BCUT2D eigenvalue weighted by Crippen LogP contribution is 2.33. The minimum atomic E-state index is -4.60. The van der Waals surface area contributed by atoms with Gasteiger partial charge in [-0.05, 0) is 51.3 Å². The maximum absolute atomic E-state index is 13.3. The maximum Gasteiger partial charge on any atom is 0.422 e. The summed E-state index contributed by atoms with van der Waals surface area (Å²) >= 11 is 2.07. The van der Waals surface area contributed by atoms with E-state index < -0.39 is 24.3 Å². The number of thioether (sulfide) groups is 1. The Morgan fingerprint density at radius 2 is 1.94 bits per heavy atom. The van der Waals surface area contributed by atoms with Crippen LogP contribution in [0, 0.1) is 12.7 Å². The standard InChI is InChI=1S/C16H11F4N3O3.C7H15NS/c1-9-6-23-12(3-11(7-24)22-23)4-13(9)26-15-14(2-10(17)5-21-15)25-8-16(18,19)20;1-7(8-2)3-5-9-6-4-7/h2-7H,8H2,1H3;8H,3-6H2,1-2H3. The highest BCUT2D eigenvalue weighted by molar-refractivity contribution is 7.99. The third kappa shape index (κ3) is 7.56. The van der Waals surface area contributed by atoms with Crippen LogP contribution in [0.15, 0.2) is 30.6 Å². The Kier molecular flexibility index (Phi) is 8.60. The minimum absolute atomic E-state index is 0.204. The van der Waals surface area contributed by atoms with Gasteiger partial charge in [0, 0.05) is 29.4 Å². The van der Waals surface area contributed by atoms with Crippen LogP contribution in [0.1, 0.15) is 35.8 Å². The number of nitrogens with zero attached hydrogens (tertiary/aromatic N) is 3. The second-order valence-electron chi connectivity index (χ2n) is 8.26. The highest BCUT2D eigenvalue weighted by Gasteiger charge is 2.29. The van der Waals surface area contributed by atoms with Crippen LogP contribution in [0.3, 0.4) is 0 Å². The maximum atomic E-state index is 13.3. The molecule has 0 aromatic carbocycles. The van der Waals surface area contributed by atoms with Gasteiger partial charge in [-0.25, -0.2) is 13.9 Å². The molecule has 0 aliphatic carbocycles. The predicted octanol–water partition coefficient (Wildman–Crippen LogP) is 5.21. The van der Waals surface area contributed by atoms with Crippen molar-refractivity contribution in [2.45, 2.75) is 38.4 Å². The number of aryl methyl sites for hydroxylation is 1. The van der Waals surface area contributed by atoms with E-state index in [0.29, 0.717) is 22.9 Å². The minimum Gasteiger partial charge on any atom is -0.478 e. The summed E-state index contributed by atoms with van der Waals surface area (Å²) in [6.07, 6.45) is 1.00. The number of pyridine rings is 2. The molecule has 0 bridgehead atoms. The molecule has 1 saturated heterocycles. The molecule has 1 N–H and O–H groups in total. The summed E-state index contributed by atoms with van der Waals surface area (Å²) < 4.78 is 61.9. The molecule has 1 fully saturated rings. The van der Waals surface area contributed by atoms with Crippen molar-refractivity contribution in [3.05, 3.63) is 47.7 Å². The molecule has 0 unspecified atom stereocenters. The van der Waals surface area contributed by atoms with Crippen molar-refractivity contribution in [1.29, 1.82) is 0 Å². The van der Waals surface area contributed by atoms with Crippen LogP contribution in [0.4, 0.5) is 17.6 Å². The molecular weight excluding hydrogens is 488 g/mol. The summed E-state index contributed by atoms with van der Waals surface area (Å²) in [6, 6.07) is 3.78. The van der Waals surface area contributed by atoms with Crippen LogP contribution >= 0.6 is 11.8 Å². The van der Waals surface area contributed by atoms with Crippen LogP contribution in [0.5, 0.6) is 17.4 Å². The SMILES string of the molecule is CNC1(C)CCSCC1.Cc1cn2nc(C=O)cc2cc1Oc1ncc(F)cc1OCC(F)(F)F. The Morgan fingerprint density at radius 1 is 1.23 bits per heavy atom. The normalized spacial score (nSPS) is 15.3. The number of hydrogen-bond acceptors (Lipinski definition) is 7. The van der Waals surface area contributed by atoms with E-state index in [-0.39, 0.29) is 17.3 Å². The van der Waals surface area contributed by atoms with E-state index in [9.17, 15) is 22.4 Å². The van der Waals surface area contributed by atoms with E-state index in [1.807, 2.05) is 0 Å². The molecule has 0 spiro atoms. The molecule has 0 saturated carbocycles. The van der Waals surface area contributed by atoms with E-state index in [1.54, 1.807) is 13.1 Å². The van der Waals surface area contributed by atoms with Gasteiger partial charge in [-0.2, -0.15) is 30.0 Å². The van der Waals surface area contributed by atoms with Crippen molar-refractivity contribution in [1.82, 2.24) is 19.9 Å². The predicted molar refractivity (Wildman–Crippen MR) is 125 cm³/mol. The number of alkyl halides is 3. The molecule has 0 atom stereocenters. The number of carbonyl (C=O) groups excluding carboxylic acids is 1. The molecular formula is C23H26F4N4O3S. The smallest absolute Gasteiger partial charge is 0.422 e. The number of halogens is 4. The monoisotopic (exact) mass is 514 g/mol. The average Bonchev–Trinajstić information content (AvgIpc) is 3.21. The van der Waals surface area contributed by atoms with E-state index in [2.05, 4.69) is 45.9 Å². The van der Waals surface area contributed by atoms with Crippen molar-refractivity contribution in [3.63, 3.8) is 0 Å². The van der Waals surface area contributed by atoms with Gasteiger partial charge in [0.1, 0.15) is 17.3 Å². The zero-order valence-corrected chi connectivity index (χ0v) is 20.3. The lowest BCUT2D eigenvalue weighted by Crippen LogP contribution is -2.42. The molecule has 12 heteroatoms. The van der Waals surface area contributed by atoms with E-state index in [0.717, 1.165) is 12.3 Å². The zero-order chi connectivity index (χ0) is 25.6. The Balaban J connectivity index is 0.000000320. The summed E-state index contributed by atoms with van der Waals surface area (Å²) in [4.78, 5) is 14.5. The van der Waals surface area contributed by atoms with Crippen LogP contribution in [0.2, 0.25) is 0 Å². The first kappa shape index (κ1) is 26.7. The van der Waals surface area contributed by atoms with Crippen molar-refractivity contribution in [2.75, 3.05) is 25.2 Å². The molecule has 1 aliphatic rings. The van der Waals surface area contributed by atoms with Crippen LogP contribution < -0.4 is 14.8 Å². The Morgan fingerprint density at radius 3 is 2.54 bits per heavy atom. The second kappa shape index (κ2) is 11.3. The summed E-state index contributed by atoms with van der Waals surface area (Å²) in [5, 5.41) is 7.37. The number of nitrogens with one attached hydrogen (secondary N) is 1. The third-order valence-corrected chi connectivity index (χ3v) is 6.46. The van der Waals surface area contributed by atoms with Gasteiger partial charge in [-0.1, -0.05) is 0 Å². The largest absolute Gasteiger partial charge is 0.478 e. The summed E-state index contributed by atoms with van der Waals surface area (Å²) in [5.74, 6) is 1.23. The summed E-state index contributed by atoms with van der Waals surface area (Å²) in [7, 11) is 2.07. The van der Waals surface area contributed by atoms with Gasteiger partial charge in [0.2, 0.25) is 0 Å². The molecule has 4 heterocycles. The molecule has 1 aliphatic heterocycles. The lowest BCUT2D eigenvalue weighted by Gasteiger charge is -2.32. The average molecular weight is 515 g/mol. The van der Waals surface area contributed by atoms with Crippen molar-refractivity contribution < 1.29 is 31.8 Å². The molecule has 0 amide bonds. The fraction of sp³-hybridized carbons (Fsp3) is 0.435. The number of carbonyl (C=O) groups is 1. The fourth-order valence-electron chi connectivity index (χ4n) is 3.23. The van der Waals surface area contributed by atoms with Gasteiger partial charge < -0.3 is 14.8 Å². The molecule has 35 heavy (non-hydrogen) atoms. The topological polar surface area (TPSA) is 77.8 Å². The van der Waals surface area contributed by atoms with Crippen LogP contribution in [-0.2, 0) is 0 Å². The number of aromatic nitrogens is 3. The second-order valence-corrected chi connectivity index (χ2v) is 9.49. The van der Waals surface area contributed by atoms with Gasteiger partial charge in [-0.15, -0.1) is 0 Å². The molecule has 4 rings (SSSR count). The third-order valence-electron chi connectivity index (χ3n) is 5.47. The first-order valence-electron chi connectivity index (χ1n) is 10.8. The van der Waals surface area contributed by atoms with E-state index in [1.165, 1.54) is 41.0 Å². The van der Waals surface area contributed by atoms with Crippen LogP contribution in [-0.4, -0.2) is 57.8 Å². The number of ether oxygens (including phenoxy) is 2. The van der Waals surface area contributed by atoms with Gasteiger partial charge >= 0.3 is 6.18 Å².